The first-order valence-electron chi connectivity index (χ1n) is 9.23. The van der Waals surface area contributed by atoms with Crippen molar-refractivity contribution in [3.63, 3.8) is 0 Å². The fraction of sp³-hybridized carbons (Fsp3) is 0.579. The molecular weight excluding hydrogens is 462 g/mol. The first-order valence-corrected chi connectivity index (χ1v) is 9.23. The maximum Gasteiger partial charge on any atom is 0.239 e. The average molecular weight is 492 g/mol. The van der Waals surface area contributed by atoms with E-state index in [1.807, 2.05) is 6.92 Å². The van der Waals surface area contributed by atoms with Crippen LogP contribution in [0.2, 0.25) is 0 Å². The van der Waals surface area contributed by atoms with Crippen molar-refractivity contribution in [3.8, 4) is 5.75 Å². The van der Waals surface area contributed by atoms with Crippen molar-refractivity contribution < 1.29 is 13.9 Å². The van der Waals surface area contributed by atoms with Gasteiger partial charge < -0.3 is 20.7 Å². The van der Waals surface area contributed by atoms with Crippen LogP contribution in [0.5, 0.6) is 5.75 Å². The summed E-state index contributed by atoms with van der Waals surface area (Å²) in [6.45, 7) is 2.52. The number of guanidine groups is 1. The summed E-state index contributed by atoms with van der Waals surface area (Å²) in [5.74, 6) is 0.653. The van der Waals surface area contributed by atoms with Crippen molar-refractivity contribution in [3.05, 3.63) is 30.1 Å². The van der Waals surface area contributed by atoms with Gasteiger partial charge in [-0.3, -0.25) is 9.79 Å². The third-order valence-corrected chi connectivity index (χ3v) is 4.30. The molecule has 0 saturated heterocycles. The lowest BCUT2D eigenvalue weighted by molar-refractivity contribution is -0.120. The van der Waals surface area contributed by atoms with Crippen molar-refractivity contribution in [2.75, 3.05) is 20.1 Å². The van der Waals surface area contributed by atoms with Crippen LogP contribution in [0.1, 0.15) is 39.0 Å². The van der Waals surface area contributed by atoms with E-state index < -0.39 is 0 Å². The predicted molar refractivity (Wildman–Crippen MR) is 116 cm³/mol. The number of benzene rings is 1. The Morgan fingerprint density at radius 3 is 2.70 bits per heavy atom. The number of halogens is 2. The molecule has 0 radical (unpaired) electrons. The topological polar surface area (TPSA) is 74.8 Å². The minimum atomic E-state index is -0.330. The van der Waals surface area contributed by atoms with Gasteiger partial charge in [-0.05, 0) is 31.9 Å². The normalized spacial score (nSPS) is 16.0. The van der Waals surface area contributed by atoms with Gasteiger partial charge in [0.05, 0.1) is 13.1 Å². The molecule has 1 aromatic carbocycles. The zero-order valence-electron chi connectivity index (χ0n) is 16.0. The van der Waals surface area contributed by atoms with E-state index in [0.717, 1.165) is 12.8 Å². The molecule has 0 bridgehead atoms. The van der Waals surface area contributed by atoms with E-state index >= 15 is 0 Å². The average Bonchev–Trinajstić information content (AvgIpc) is 2.62. The maximum atomic E-state index is 13.2. The largest absolute Gasteiger partial charge is 0.489 e. The van der Waals surface area contributed by atoms with Crippen LogP contribution in [-0.2, 0) is 4.79 Å². The Hall–Kier alpha value is -1.58. The molecular formula is C19H30FIN4O2. The molecule has 1 atom stereocenters. The number of amides is 1. The number of aliphatic imine (C=N–C) groups is 1. The van der Waals surface area contributed by atoms with Gasteiger partial charge >= 0.3 is 0 Å². The Labute approximate surface area is 177 Å². The van der Waals surface area contributed by atoms with E-state index in [1.54, 1.807) is 19.2 Å². The SMILES string of the molecule is CN=C(NCC(=O)NC1CCCCC1)NCC(C)Oc1cccc(F)c1.I. The zero-order valence-corrected chi connectivity index (χ0v) is 18.3. The van der Waals surface area contributed by atoms with Crippen molar-refractivity contribution in [2.24, 2.45) is 4.99 Å². The third-order valence-electron chi connectivity index (χ3n) is 4.30. The molecule has 1 aliphatic carbocycles. The maximum absolute atomic E-state index is 13.2. The van der Waals surface area contributed by atoms with Crippen molar-refractivity contribution in [1.29, 1.82) is 0 Å². The highest BCUT2D eigenvalue weighted by atomic mass is 127. The summed E-state index contributed by atoms with van der Waals surface area (Å²) >= 11 is 0. The van der Waals surface area contributed by atoms with Gasteiger partial charge in [0, 0.05) is 19.2 Å². The van der Waals surface area contributed by atoms with E-state index in [1.165, 1.54) is 31.4 Å². The lowest BCUT2D eigenvalue weighted by Gasteiger charge is -2.23. The van der Waals surface area contributed by atoms with E-state index in [0.29, 0.717) is 24.3 Å². The Bertz CT molecular complexity index is 609. The molecule has 0 heterocycles. The van der Waals surface area contributed by atoms with Crippen LogP contribution >= 0.6 is 24.0 Å². The fourth-order valence-electron chi connectivity index (χ4n) is 2.96. The number of nitrogens with zero attached hydrogens (tertiary/aromatic N) is 1. The first-order chi connectivity index (χ1) is 12.6. The van der Waals surface area contributed by atoms with E-state index in [9.17, 15) is 9.18 Å². The highest BCUT2D eigenvalue weighted by molar-refractivity contribution is 14.0. The van der Waals surface area contributed by atoms with Crippen LogP contribution in [0.4, 0.5) is 4.39 Å². The monoisotopic (exact) mass is 492 g/mol. The second-order valence-electron chi connectivity index (χ2n) is 6.59. The van der Waals surface area contributed by atoms with Gasteiger partial charge in [0.2, 0.25) is 5.91 Å². The molecule has 152 valence electrons. The third kappa shape index (κ3) is 9.25. The molecule has 2 rings (SSSR count). The van der Waals surface area contributed by atoms with Crippen molar-refractivity contribution in [2.45, 2.75) is 51.2 Å². The number of hydrogen-bond acceptors (Lipinski definition) is 3. The van der Waals surface area contributed by atoms with E-state index in [2.05, 4.69) is 20.9 Å². The molecule has 3 N–H and O–H groups in total. The molecule has 0 aliphatic heterocycles. The van der Waals surface area contributed by atoms with E-state index in [-0.39, 0.29) is 48.3 Å². The number of carbonyl (C=O) groups excluding carboxylic acids is 1. The molecule has 0 spiro atoms. The van der Waals surface area contributed by atoms with Crippen molar-refractivity contribution in [1.82, 2.24) is 16.0 Å². The summed E-state index contributed by atoms with van der Waals surface area (Å²) < 4.78 is 18.8. The highest BCUT2D eigenvalue weighted by Crippen LogP contribution is 2.17. The quantitative estimate of drug-likeness (QED) is 0.311. The summed E-state index contributed by atoms with van der Waals surface area (Å²) in [4.78, 5) is 16.1. The summed E-state index contributed by atoms with van der Waals surface area (Å²) in [6.07, 6.45) is 5.57. The van der Waals surface area contributed by atoms with Crippen LogP contribution in [-0.4, -0.2) is 44.1 Å². The molecule has 1 amide bonds. The zero-order chi connectivity index (χ0) is 18.8. The first kappa shape index (κ1) is 23.5. The van der Waals surface area contributed by atoms with Gasteiger partial charge in [0.1, 0.15) is 17.7 Å². The summed E-state index contributed by atoms with van der Waals surface area (Å²) in [7, 11) is 1.65. The molecule has 1 aliphatic rings. The predicted octanol–water partition coefficient (Wildman–Crippen LogP) is 2.82. The lowest BCUT2D eigenvalue weighted by Crippen LogP contribution is -2.47. The van der Waals surface area contributed by atoms with Gasteiger partial charge in [0.15, 0.2) is 5.96 Å². The molecule has 1 saturated carbocycles. The van der Waals surface area contributed by atoms with Crippen LogP contribution in [0, 0.1) is 5.82 Å². The number of carbonyl (C=O) groups is 1. The molecule has 0 aromatic heterocycles. The van der Waals surface area contributed by atoms with Gasteiger partial charge in [-0.2, -0.15) is 0 Å². The molecule has 27 heavy (non-hydrogen) atoms. The van der Waals surface area contributed by atoms with Gasteiger partial charge in [0.25, 0.3) is 0 Å². The Balaban J connectivity index is 0.00000364. The highest BCUT2D eigenvalue weighted by Gasteiger charge is 2.15. The minimum absolute atomic E-state index is 0. The van der Waals surface area contributed by atoms with Gasteiger partial charge in [-0.1, -0.05) is 25.3 Å². The van der Waals surface area contributed by atoms with Crippen LogP contribution in [0.3, 0.4) is 0 Å². The van der Waals surface area contributed by atoms with E-state index in [4.69, 9.17) is 4.74 Å². The summed E-state index contributed by atoms with van der Waals surface area (Å²) in [5, 5.41) is 9.16. The van der Waals surface area contributed by atoms with Crippen LogP contribution in [0.25, 0.3) is 0 Å². The second-order valence-corrected chi connectivity index (χ2v) is 6.59. The Morgan fingerprint density at radius 2 is 2.04 bits per heavy atom. The number of nitrogens with one attached hydrogen (secondary N) is 3. The number of ether oxygens (including phenoxy) is 1. The van der Waals surface area contributed by atoms with Gasteiger partial charge in [-0.15, -0.1) is 24.0 Å². The summed E-state index contributed by atoms with van der Waals surface area (Å²) in [5.41, 5.74) is 0. The number of rotatable bonds is 7. The number of hydrogen-bond donors (Lipinski definition) is 3. The summed E-state index contributed by atoms with van der Waals surface area (Å²) in [6, 6.07) is 6.34. The second kappa shape index (κ2) is 12.7. The van der Waals surface area contributed by atoms with Crippen molar-refractivity contribution >= 4 is 35.8 Å². The van der Waals surface area contributed by atoms with Gasteiger partial charge in [-0.25, -0.2) is 4.39 Å². The lowest BCUT2D eigenvalue weighted by atomic mass is 9.95. The fourth-order valence-corrected chi connectivity index (χ4v) is 2.96. The molecule has 8 heteroatoms. The Morgan fingerprint density at radius 1 is 1.30 bits per heavy atom. The van der Waals surface area contributed by atoms with Crippen LogP contribution < -0.4 is 20.7 Å². The van der Waals surface area contributed by atoms with Crippen LogP contribution in [0.15, 0.2) is 29.3 Å². The minimum Gasteiger partial charge on any atom is -0.489 e. The molecule has 1 unspecified atom stereocenters. The Kier molecular flexibility index (Phi) is 11.1. The molecule has 1 aromatic rings. The standard InChI is InChI=1S/C19H29FN4O2.HI/c1-14(26-17-10-6-7-15(20)11-17)12-22-19(21-2)23-13-18(25)24-16-8-4-3-5-9-16;/h6-7,10-11,14,16H,3-5,8-9,12-13H2,1-2H3,(H,24,25)(H2,21,22,23);1H. The molecule has 6 nitrogen and oxygen atoms in total. The smallest absolute Gasteiger partial charge is 0.239 e. The molecule has 1 fully saturated rings.